The third kappa shape index (κ3) is 2.29. The van der Waals surface area contributed by atoms with Crippen molar-refractivity contribution in [3.8, 4) is 5.75 Å². The number of hydrogen-bond acceptors (Lipinski definition) is 4. The fraction of sp³-hybridized carbons (Fsp3) is 0.200. The molecule has 19 heavy (non-hydrogen) atoms. The number of aromatic nitrogens is 1. The summed E-state index contributed by atoms with van der Waals surface area (Å²) < 4.78 is 10.8. The maximum Gasteiger partial charge on any atom is 0.310 e. The number of esters is 1. The second-order valence-corrected chi connectivity index (χ2v) is 4.31. The summed E-state index contributed by atoms with van der Waals surface area (Å²) in [7, 11) is 0. The molecule has 2 aromatic rings. The third-order valence-electron chi connectivity index (χ3n) is 2.95. The minimum absolute atomic E-state index is 0.249. The summed E-state index contributed by atoms with van der Waals surface area (Å²) in [6.07, 6.45) is 3.95. The summed E-state index contributed by atoms with van der Waals surface area (Å²) in [5, 5.41) is 1.03. The van der Waals surface area contributed by atoms with Crippen molar-refractivity contribution < 1.29 is 14.3 Å². The molecule has 0 spiro atoms. The Kier molecular flexibility index (Phi) is 2.91. The standard InChI is InChI=1S/C15H13NO3/c1-2-15(17)19-12-7-11-6-10-4-3-5-16-13(10)8-14(11)18-9-12/h3-8H,2,9H2,1H3. The third-order valence-corrected chi connectivity index (χ3v) is 2.95. The van der Waals surface area contributed by atoms with E-state index in [-0.39, 0.29) is 12.6 Å². The molecule has 4 heteroatoms. The van der Waals surface area contributed by atoms with Gasteiger partial charge in [0.05, 0.1) is 5.52 Å². The Hall–Kier alpha value is -2.36. The van der Waals surface area contributed by atoms with Gasteiger partial charge in [-0.1, -0.05) is 13.0 Å². The first-order valence-electron chi connectivity index (χ1n) is 6.19. The molecule has 0 aliphatic carbocycles. The van der Waals surface area contributed by atoms with Gasteiger partial charge in [-0.2, -0.15) is 0 Å². The molecule has 0 saturated heterocycles. The summed E-state index contributed by atoms with van der Waals surface area (Å²) in [5.74, 6) is 1.06. The van der Waals surface area contributed by atoms with Crippen LogP contribution in [0.3, 0.4) is 0 Å². The van der Waals surface area contributed by atoms with Crippen LogP contribution in [0.4, 0.5) is 0 Å². The van der Waals surface area contributed by atoms with Crippen LogP contribution in [-0.4, -0.2) is 17.6 Å². The van der Waals surface area contributed by atoms with E-state index in [1.165, 1.54) is 0 Å². The number of carbonyl (C=O) groups excluding carboxylic acids is 1. The quantitative estimate of drug-likeness (QED) is 0.774. The maximum atomic E-state index is 11.3. The molecule has 1 aromatic heterocycles. The second-order valence-electron chi connectivity index (χ2n) is 4.31. The van der Waals surface area contributed by atoms with E-state index in [0.717, 1.165) is 22.2 Å². The predicted molar refractivity (Wildman–Crippen MR) is 71.6 cm³/mol. The van der Waals surface area contributed by atoms with Gasteiger partial charge in [0.15, 0.2) is 0 Å². The van der Waals surface area contributed by atoms with E-state index in [0.29, 0.717) is 12.2 Å². The van der Waals surface area contributed by atoms with Gasteiger partial charge in [0.1, 0.15) is 18.1 Å². The molecule has 0 amide bonds. The maximum absolute atomic E-state index is 11.3. The smallest absolute Gasteiger partial charge is 0.310 e. The van der Waals surface area contributed by atoms with Crippen molar-refractivity contribution in [3.63, 3.8) is 0 Å². The summed E-state index contributed by atoms with van der Waals surface area (Å²) in [4.78, 5) is 15.6. The molecule has 0 atom stereocenters. The van der Waals surface area contributed by atoms with Crippen molar-refractivity contribution in [1.29, 1.82) is 0 Å². The lowest BCUT2D eigenvalue weighted by Crippen LogP contribution is -2.13. The van der Waals surface area contributed by atoms with E-state index < -0.39 is 0 Å². The van der Waals surface area contributed by atoms with E-state index in [4.69, 9.17) is 9.47 Å². The van der Waals surface area contributed by atoms with E-state index in [9.17, 15) is 4.79 Å². The lowest BCUT2D eigenvalue weighted by molar-refractivity contribution is -0.139. The Bertz CT molecular complexity index is 676. The molecule has 0 unspecified atom stereocenters. The molecule has 1 aliphatic heterocycles. The van der Waals surface area contributed by atoms with Gasteiger partial charge in [-0.15, -0.1) is 0 Å². The average Bonchev–Trinajstić information content (AvgIpc) is 2.45. The van der Waals surface area contributed by atoms with Crippen LogP contribution in [0.1, 0.15) is 18.9 Å². The van der Waals surface area contributed by atoms with Gasteiger partial charge in [0.25, 0.3) is 0 Å². The van der Waals surface area contributed by atoms with Crippen molar-refractivity contribution in [2.75, 3.05) is 6.61 Å². The van der Waals surface area contributed by atoms with Crippen LogP contribution in [-0.2, 0) is 9.53 Å². The summed E-state index contributed by atoms with van der Waals surface area (Å²) in [5.41, 5.74) is 1.80. The first-order chi connectivity index (χ1) is 9.26. The van der Waals surface area contributed by atoms with Gasteiger partial charge in [0.2, 0.25) is 0 Å². The van der Waals surface area contributed by atoms with Crippen molar-refractivity contribution in [2.24, 2.45) is 0 Å². The van der Waals surface area contributed by atoms with Crippen LogP contribution in [0.15, 0.2) is 36.2 Å². The Morgan fingerprint density at radius 2 is 2.37 bits per heavy atom. The van der Waals surface area contributed by atoms with E-state index in [2.05, 4.69) is 4.98 Å². The fourth-order valence-electron chi connectivity index (χ4n) is 2.00. The molecule has 1 aliphatic rings. The van der Waals surface area contributed by atoms with Gasteiger partial charge in [-0.25, -0.2) is 0 Å². The number of rotatable bonds is 2. The largest absolute Gasteiger partial charge is 0.485 e. The Morgan fingerprint density at radius 3 is 3.21 bits per heavy atom. The van der Waals surface area contributed by atoms with Gasteiger partial charge in [0, 0.05) is 29.6 Å². The molecule has 0 saturated carbocycles. The van der Waals surface area contributed by atoms with Gasteiger partial charge < -0.3 is 9.47 Å². The predicted octanol–water partition coefficient (Wildman–Crippen LogP) is 2.92. The molecular weight excluding hydrogens is 242 g/mol. The minimum Gasteiger partial charge on any atom is -0.485 e. The molecule has 0 N–H and O–H groups in total. The van der Waals surface area contributed by atoms with Crippen LogP contribution >= 0.6 is 0 Å². The molecule has 4 nitrogen and oxygen atoms in total. The highest BCUT2D eigenvalue weighted by molar-refractivity contribution is 5.85. The zero-order chi connectivity index (χ0) is 13.2. The van der Waals surface area contributed by atoms with Gasteiger partial charge in [-0.3, -0.25) is 9.78 Å². The molecule has 3 rings (SSSR count). The van der Waals surface area contributed by atoms with Gasteiger partial charge in [-0.05, 0) is 18.2 Å². The monoisotopic (exact) mass is 255 g/mol. The Labute approximate surface area is 110 Å². The molecule has 0 radical (unpaired) electrons. The zero-order valence-electron chi connectivity index (χ0n) is 10.6. The Morgan fingerprint density at radius 1 is 1.47 bits per heavy atom. The minimum atomic E-state index is -0.249. The normalized spacial score (nSPS) is 13.4. The highest BCUT2D eigenvalue weighted by Crippen LogP contribution is 2.30. The summed E-state index contributed by atoms with van der Waals surface area (Å²) in [6.45, 7) is 2.04. The average molecular weight is 255 g/mol. The van der Waals surface area contributed by atoms with Crippen molar-refractivity contribution in [1.82, 2.24) is 4.98 Å². The fourth-order valence-corrected chi connectivity index (χ4v) is 2.00. The van der Waals surface area contributed by atoms with E-state index in [1.54, 1.807) is 13.1 Å². The molecule has 0 fully saturated rings. The molecule has 1 aromatic carbocycles. The van der Waals surface area contributed by atoms with Crippen LogP contribution in [0, 0.1) is 0 Å². The van der Waals surface area contributed by atoms with Crippen molar-refractivity contribution >= 4 is 22.9 Å². The summed E-state index contributed by atoms with van der Waals surface area (Å²) in [6, 6.07) is 7.76. The number of nitrogens with zero attached hydrogens (tertiary/aromatic N) is 1. The van der Waals surface area contributed by atoms with Gasteiger partial charge >= 0.3 is 5.97 Å². The number of fused-ring (bicyclic) bond motifs is 2. The molecule has 0 bridgehead atoms. The topological polar surface area (TPSA) is 48.4 Å². The number of carbonyl (C=O) groups is 1. The Balaban J connectivity index is 1.99. The van der Waals surface area contributed by atoms with E-state index >= 15 is 0 Å². The molecule has 96 valence electrons. The number of pyridine rings is 1. The molecule has 2 heterocycles. The summed E-state index contributed by atoms with van der Waals surface area (Å²) >= 11 is 0. The SMILES string of the molecule is CCC(=O)OC1=Cc2cc3cccnc3cc2OC1. The van der Waals surface area contributed by atoms with Crippen LogP contribution in [0.2, 0.25) is 0 Å². The number of hydrogen-bond donors (Lipinski definition) is 0. The van der Waals surface area contributed by atoms with Crippen molar-refractivity contribution in [3.05, 3.63) is 41.8 Å². The van der Waals surface area contributed by atoms with Crippen LogP contribution < -0.4 is 4.74 Å². The van der Waals surface area contributed by atoms with Crippen LogP contribution in [0.5, 0.6) is 5.75 Å². The zero-order valence-corrected chi connectivity index (χ0v) is 10.6. The number of ether oxygens (including phenoxy) is 2. The van der Waals surface area contributed by atoms with E-state index in [1.807, 2.05) is 30.3 Å². The van der Waals surface area contributed by atoms with Crippen molar-refractivity contribution in [2.45, 2.75) is 13.3 Å². The number of benzene rings is 1. The highest BCUT2D eigenvalue weighted by atomic mass is 16.6. The lowest BCUT2D eigenvalue weighted by atomic mass is 10.1. The van der Waals surface area contributed by atoms with Crippen LogP contribution in [0.25, 0.3) is 17.0 Å². The lowest BCUT2D eigenvalue weighted by Gasteiger charge is -2.18. The molecular formula is C15H13NO3. The highest BCUT2D eigenvalue weighted by Gasteiger charge is 2.15. The first kappa shape index (κ1) is 11.7. The first-order valence-corrected chi connectivity index (χ1v) is 6.19. The second kappa shape index (κ2) is 4.72.